The molecule has 0 radical (unpaired) electrons. The standard InChI is InChI=1S/C18H17ClF4N6O/c19-9-3-11-12(6-26-15(11)25-5-9)16-24-2-1-14(28-16)29-7-10(20)4-13(29)17(30)27-8-18(21,22)23/h1-3,5,10,12-13H,4,6-8H2,(H,25,26)(H,27,30)/t10-,12?,13+/m0/s1. The highest BCUT2D eigenvalue weighted by Gasteiger charge is 2.39. The molecule has 3 atom stereocenters. The average Bonchev–Trinajstić information content (AvgIpc) is 3.29. The van der Waals surface area contributed by atoms with Gasteiger partial charge in [0.15, 0.2) is 0 Å². The monoisotopic (exact) mass is 444 g/mol. The van der Waals surface area contributed by atoms with Crippen molar-refractivity contribution in [3.05, 3.63) is 40.9 Å². The van der Waals surface area contributed by atoms with Gasteiger partial charge in [0.2, 0.25) is 5.91 Å². The minimum atomic E-state index is -4.55. The van der Waals surface area contributed by atoms with Gasteiger partial charge in [-0.1, -0.05) is 11.6 Å². The number of nitrogens with one attached hydrogen (secondary N) is 2. The normalized spacial score (nSPS) is 23.2. The predicted octanol–water partition coefficient (Wildman–Crippen LogP) is 2.68. The number of amides is 1. The van der Waals surface area contributed by atoms with Crippen molar-refractivity contribution in [2.75, 3.05) is 29.9 Å². The Bertz CT molecular complexity index is 959. The molecule has 1 unspecified atom stereocenters. The van der Waals surface area contributed by atoms with Crippen molar-refractivity contribution in [1.29, 1.82) is 0 Å². The Morgan fingerprint density at radius 3 is 2.93 bits per heavy atom. The lowest BCUT2D eigenvalue weighted by Gasteiger charge is -2.25. The van der Waals surface area contributed by atoms with Crippen LogP contribution in [0.25, 0.3) is 0 Å². The molecule has 160 valence electrons. The molecule has 7 nitrogen and oxygen atoms in total. The molecule has 2 aliphatic heterocycles. The van der Waals surface area contributed by atoms with E-state index in [0.29, 0.717) is 23.2 Å². The van der Waals surface area contributed by atoms with Crippen molar-refractivity contribution in [3.63, 3.8) is 0 Å². The van der Waals surface area contributed by atoms with E-state index in [1.807, 2.05) is 5.32 Å². The van der Waals surface area contributed by atoms with E-state index >= 15 is 0 Å². The molecule has 2 aliphatic rings. The van der Waals surface area contributed by atoms with E-state index < -0.39 is 30.8 Å². The van der Waals surface area contributed by atoms with Crippen LogP contribution < -0.4 is 15.5 Å². The summed E-state index contributed by atoms with van der Waals surface area (Å²) in [7, 11) is 0. The van der Waals surface area contributed by atoms with Crippen LogP contribution in [-0.4, -0.2) is 58.9 Å². The zero-order valence-corrected chi connectivity index (χ0v) is 16.2. The summed E-state index contributed by atoms with van der Waals surface area (Å²) < 4.78 is 51.4. The summed E-state index contributed by atoms with van der Waals surface area (Å²) >= 11 is 6.04. The summed E-state index contributed by atoms with van der Waals surface area (Å²) in [5, 5.41) is 5.42. The smallest absolute Gasteiger partial charge is 0.369 e. The maximum Gasteiger partial charge on any atom is 0.405 e. The predicted molar refractivity (Wildman–Crippen MR) is 101 cm³/mol. The van der Waals surface area contributed by atoms with Crippen molar-refractivity contribution in [2.24, 2.45) is 0 Å². The maximum atomic E-state index is 14.1. The van der Waals surface area contributed by atoms with Gasteiger partial charge in [-0.05, 0) is 12.1 Å². The molecule has 1 fully saturated rings. The third-order valence-corrected chi connectivity index (χ3v) is 5.22. The Morgan fingerprint density at radius 1 is 1.37 bits per heavy atom. The lowest BCUT2D eigenvalue weighted by Crippen LogP contribution is -2.46. The van der Waals surface area contributed by atoms with Gasteiger partial charge in [-0.2, -0.15) is 13.2 Å². The van der Waals surface area contributed by atoms with E-state index in [1.165, 1.54) is 23.4 Å². The summed E-state index contributed by atoms with van der Waals surface area (Å²) in [6, 6.07) is 2.17. The number of alkyl halides is 4. The van der Waals surface area contributed by atoms with Gasteiger partial charge in [0, 0.05) is 30.9 Å². The van der Waals surface area contributed by atoms with E-state index in [9.17, 15) is 22.4 Å². The minimum Gasteiger partial charge on any atom is -0.369 e. The van der Waals surface area contributed by atoms with Crippen LogP contribution in [0.1, 0.15) is 23.7 Å². The molecule has 0 spiro atoms. The molecule has 2 aromatic heterocycles. The summed E-state index contributed by atoms with van der Waals surface area (Å²) in [5.41, 5.74) is 0.809. The molecule has 30 heavy (non-hydrogen) atoms. The number of carbonyl (C=O) groups is 1. The van der Waals surface area contributed by atoms with E-state index in [2.05, 4.69) is 20.3 Å². The van der Waals surface area contributed by atoms with Gasteiger partial charge in [-0.3, -0.25) is 4.79 Å². The van der Waals surface area contributed by atoms with Crippen LogP contribution in [0, 0.1) is 0 Å². The largest absolute Gasteiger partial charge is 0.405 e. The molecular weight excluding hydrogens is 428 g/mol. The number of anilines is 2. The molecule has 0 bridgehead atoms. The number of rotatable bonds is 4. The van der Waals surface area contributed by atoms with Crippen molar-refractivity contribution in [2.45, 2.75) is 30.7 Å². The Labute approximate surface area is 173 Å². The van der Waals surface area contributed by atoms with Crippen LogP contribution in [0.15, 0.2) is 24.5 Å². The van der Waals surface area contributed by atoms with E-state index in [0.717, 1.165) is 5.56 Å². The zero-order valence-electron chi connectivity index (χ0n) is 15.5. The van der Waals surface area contributed by atoms with Crippen LogP contribution in [0.5, 0.6) is 0 Å². The topological polar surface area (TPSA) is 83.0 Å². The third kappa shape index (κ3) is 4.25. The molecule has 0 aromatic carbocycles. The SMILES string of the molecule is O=C(NCC(F)(F)F)[C@H]1C[C@H](F)CN1c1ccnc(C2CNc3ncc(Cl)cc32)n1. The second-order valence-electron chi connectivity index (χ2n) is 7.13. The Hall–Kier alpha value is -2.69. The highest BCUT2D eigenvalue weighted by atomic mass is 35.5. The molecule has 1 saturated heterocycles. The average molecular weight is 445 g/mol. The quantitative estimate of drug-likeness (QED) is 0.706. The number of fused-ring (bicyclic) bond motifs is 1. The van der Waals surface area contributed by atoms with E-state index in [1.54, 1.807) is 6.07 Å². The van der Waals surface area contributed by atoms with Crippen molar-refractivity contribution in [3.8, 4) is 0 Å². The summed E-state index contributed by atoms with van der Waals surface area (Å²) in [6.07, 6.45) is -3.13. The lowest BCUT2D eigenvalue weighted by molar-refractivity contribution is -0.139. The van der Waals surface area contributed by atoms with Gasteiger partial charge in [-0.25, -0.2) is 19.3 Å². The second kappa shape index (κ2) is 7.86. The first-order chi connectivity index (χ1) is 14.2. The van der Waals surface area contributed by atoms with Gasteiger partial charge in [0.1, 0.15) is 36.2 Å². The fraction of sp³-hybridized carbons (Fsp3) is 0.444. The van der Waals surface area contributed by atoms with Crippen LogP contribution >= 0.6 is 11.6 Å². The number of aromatic nitrogens is 3. The molecule has 4 heterocycles. The molecule has 12 heteroatoms. The fourth-order valence-electron chi connectivity index (χ4n) is 3.69. The van der Waals surface area contributed by atoms with E-state index in [-0.39, 0.29) is 24.7 Å². The number of pyridine rings is 1. The van der Waals surface area contributed by atoms with Crippen molar-refractivity contribution < 1.29 is 22.4 Å². The second-order valence-corrected chi connectivity index (χ2v) is 7.57. The minimum absolute atomic E-state index is 0.145. The molecule has 1 amide bonds. The maximum absolute atomic E-state index is 14.1. The van der Waals surface area contributed by atoms with Gasteiger partial charge in [-0.15, -0.1) is 0 Å². The molecule has 0 saturated carbocycles. The fourth-order valence-corrected chi connectivity index (χ4v) is 3.86. The molecule has 2 N–H and O–H groups in total. The highest BCUT2D eigenvalue weighted by Crippen LogP contribution is 2.35. The Kier molecular flexibility index (Phi) is 5.39. The first-order valence-electron chi connectivity index (χ1n) is 9.18. The van der Waals surface area contributed by atoms with Crippen LogP contribution in [0.3, 0.4) is 0 Å². The molecule has 4 rings (SSSR count). The van der Waals surface area contributed by atoms with Crippen molar-refractivity contribution in [1.82, 2.24) is 20.3 Å². The first-order valence-corrected chi connectivity index (χ1v) is 9.56. The summed E-state index contributed by atoms with van der Waals surface area (Å²) in [4.78, 5) is 26.6. The Balaban J connectivity index is 1.57. The van der Waals surface area contributed by atoms with Crippen LogP contribution in [0.2, 0.25) is 5.02 Å². The summed E-state index contributed by atoms with van der Waals surface area (Å²) in [6.45, 7) is -1.14. The number of hydrogen-bond acceptors (Lipinski definition) is 6. The molecular formula is C18H17ClF4N6O. The van der Waals surface area contributed by atoms with Gasteiger partial charge >= 0.3 is 6.18 Å². The lowest BCUT2D eigenvalue weighted by atomic mass is 10.0. The van der Waals surface area contributed by atoms with Gasteiger partial charge in [0.25, 0.3) is 0 Å². The third-order valence-electron chi connectivity index (χ3n) is 5.01. The van der Waals surface area contributed by atoms with Gasteiger partial charge in [0.05, 0.1) is 17.5 Å². The van der Waals surface area contributed by atoms with Gasteiger partial charge < -0.3 is 15.5 Å². The van der Waals surface area contributed by atoms with Crippen LogP contribution in [0.4, 0.5) is 29.2 Å². The number of carbonyl (C=O) groups excluding carboxylic acids is 1. The highest BCUT2D eigenvalue weighted by molar-refractivity contribution is 6.30. The first kappa shape index (κ1) is 20.6. The number of halogens is 5. The zero-order chi connectivity index (χ0) is 21.5. The van der Waals surface area contributed by atoms with Crippen molar-refractivity contribution >= 4 is 29.1 Å². The molecule has 2 aromatic rings. The number of hydrogen-bond donors (Lipinski definition) is 2. The number of nitrogens with zero attached hydrogens (tertiary/aromatic N) is 4. The summed E-state index contributed by atoms with van der Waals surface area (Å²) in [5.74, 6) is 0.201. The van der Waals surface area contributed by atoms with E-state index in [4.69, 9.17) is 11.6 Å². The Morgan fingerprint density at radius 2 is 2.17 bits per heavy atom. The van der Waals surface area contributed by atoms with Crippen LogP contribution in [-0.2, 0) is 4.79 Å². The molecule has 0 aliphatic carbocycles.